The third kappa shape index (κ3) is 3.80. The highest BCUT2D eigenvalue weighted by atomic mass is 32.1. The van der Waals surface area contributed by atoms with Crippen molar-refractivity contribution in [3.63, 3.8) is 0 Å². The van der Waals surface area contributed by atoms with E-state index in [0.29, 0.717) is 31.7 Å². The van der Waals surface area contributed by atoms with Gasteiger partial charge in [0, 0.05) is 30.5 Å². The van der Waals surface area contributed by atoms with Gasteiger partial charge in [-0.1, -0.05) is 0 Å². The average Bonchev–Trinajstić information content (AvgIpc) is 2.95. The quantitative estimate of drug-likeness (QED) is 0.916. The molecule has 110 valence electrons. The minimum absolute atomic E-state index is 0.0678. The van der Waals surface area contributed by atoms with Crippen molar-refractivity contribution in [3.05, 3.63) is 22.4 Å². The highest BCUT2D eigenvalue weighted by Crippen LogP contribution is 2.12. The number of thiophene rings is 1. The second-order valence-corrected chi connectivity index (χ2v) is 5.84. The van der Waals surface area contributed by atoms with Gasteiger partial charge in [0.15, 0.2) is 0 Å². The van der Waals surface area contributed by atoms with E-state index >= 15 is 0 Å². The summed E-state index contributed by atoms with van der Waals surface area (Å²) in [6, 6.07) is 1.87. The van der Waals surface area contributed by atoms with Crippen LogP contribution in [0.2, 0.25) is 0 Å². The lowest BCUT2D eigenvalue weighted by molar-refractivity contribution is -0.143. The Morgan fingerprint density at radius 3 is 3.00 bits per heavy atom. The van der Waals surface area contributed by atoms with E-state index in [4.69, 9.17) is 4.74 Å². The molecule has 0 aromatic carbocycles. The summed E-state index contributed by atoms with van der Waals surface area (Å²) in [6.45, 7) is 5.51. The van der Waals surface area contributed by atoms with Crippen LogP contribution in [0.1, 0.15) is 30.6 Å². The van der Waals surface area contributed by atoms with Gasteiger partial charge in [-0.3, -0.25) is 9.59 Å². The maximum absolute atomic E-state index is 12.1. The molecule has 1 aromatic heterocycles. The average molecular weight is 296 g/mol. The van der Waals surface area contributed by atoms with E-state index in [1.54, 1.807) is 11.4 Å². The molecule has 0 saturated carbocycles. The van der Waals surface area contributed by atoms with E-state index < -0.39 is 0 Å². The lowest BCUT2D eigenvalue weighted by atomic mass is 10.2. The maximum Gasteiger partial charge on any atom is 0.252 e. The van der Waals surface area contributed by atoms with Gasteiger partial charge in [-0.15, -0.1) is 0 Å². The summed E-state index contributed by atoms with van der Waals surface area (Å²) in [5.74, 6) is -0.0549. The second-order valence-electron chi connectivity index (χ2n) is 5.06. The van der Waals surface area contributed by atoms with Gasteiger partial charge in [0.2, 0.25) is 5.91 Å². The molecule has 0 aliphatic carbocycles. The molecule has 20 heavy (non-hydrogen) atoms. The molecule has 6 heteroatoms. The smallest absolute Gasteiger partial charge is 0.252 e. The molecule has 2 amide bonds. The van der Waals surface area contributed by atoms with E-state index in [0.717, 1.165) is 0 Å². The van der Waals surface area contributed by atoms with E-state index in [1.807, 2.05) is 24.1 Å². The Balaban J connectivity index is 1.76. The maximum atomic E-state index is 12.1. The predicted octanol–water partition coefficient (Wildman–Crippen LogP) is 1.50. The molecule has 1 aliphatic rings. The molecule has 0 spiro atoms. The minimum Gasteiger partial charge on any atom is -0.375 e. The number of rotatable bonds is 4. The third-order valence-electron chi connectivity index (χ3n) is 3.34. The number of carbonyl (C=O) groups excluding carboxylic acids is 2. The predicted molar refractivity (Wildman–Crippen MR) is 77.9 cm³/mol. The first-order valence-electron chi connectivity index (χ1n) is 6.79. The van der Waals surface area contributed by atoms with Crippen LogP contribution in [0.3, 0.4) is 0 Å². The van der Waals surface area contributed by atoms with Crippen LogP contribution in [0.25, 0.3) is 0 Å². The van der Waals surface area contributed by atoms with Gasteiger partial charge < -0.3 is 15.0 Å². The molecule has 1 saturated heterocycles. The molecule has 1 aromatic rings. The van der Waals surface area contributed by atoms with Gasteiger partial charge in [0.25, 0.3) is 5.91 Å². The van der Waals surface area contributed by atoms with Crippen molar-refractivity contribution in [3.8, 4) is 0 Å². The number of hydrogen-bond donors (Lipinski definition) is 1. The number of morpholine rings is 1. The van der Waals surface area contributed by atoms with E-state index in [1.165, 1.54) is 11.3 Å². The molecule has 0 bridgehead atoms. The van der Waals surface area contributed by atoms with Crippen LogP contribution >= 0.6 is 11.3 Å². The van der Waals surface area contributed by atoms with Crippen LogP contribution in [0, 0.1) is 0 Å². The zero-order valence-corrected chi connectivity index (χ0v) is 12.6. The first kappa shape index (κ1) is 15.0. The van der Waals surface area contributed by atoms with Crippen molar-refractivity contribution in [2.45, 2.75) is 32.4 Å². The van der Waals surface area contributed by atoms with Gasteiger partial charge in [-0.25, -0.2) is 0 Å². The standard InChI is InChI=1S/C14H20N2O3S/c1-10-8-19-11(2)7-16(10)13(17)3-5-15-14(18)12-4-6-20-9-12/h4,6,9-11H,3,5,7-8H2,1-2H3,(H,15,18). The van der Waals surface area contributed by atoms with Crippen LogP contribution < -0.4 is 5.32 Å². The van der Waals surface area contributed by atoms with Crippen molar-refractivity contribution in [1.29, 1.82) is 0 Å². The number of ether oxygens (including phenoxy) is 1. The van der Waals surface area contributed by atoms with Crippen molar-refractivity contribution < 1.29 is 14.3 Å². The topological polar surface area (TPSA) is 58.6 Å². The van der Waals surface area contributed by atoms with E-state index in [2.05, 4.69) is 5.32 Å². The van der Waals surface area contributed by atoms with Gasteiger partial charge in [-0.2, -0.15) is 11.3 Å². The Morgan fingerprint density at radius 1 is 1.50 bits per heavy atom. The second kappa shape index (κ2) is 6.85. The van der Waals surface area contributed by atoms with Crippen molar-refractivity contribution in [1.82, 2.24) is 10.2 Å². The molecule has 2 heterocycles. The zero-order chi connectivity index (χ0) is 14.5. The molecule has 2 rings (SSSR count). The van der Waals surface area contributed by atoms with Crippen molar-refractivity contribution >= 4 is 23.2 Å². The number of nitrogens with zero attached hydrogens (tertiary/aromatic N) is 1. The molecule has 1 N–H and O–H groups in total. The fourth-order valence-corrected chi connectivity index (χ4v) is 2.81. The Morgan fingerprint density at radius 2 is 2.30 bits per heavy atom. The van der Waals surface area contributed by atoms with Gasteiger partial charge >= 0.3 is 0 Å². The van der Waals surface area contributed by atoms with Crippen molar-refractivity contribution in [2.75, 3.05) is 19.7 Å². The van der Waals surface area contributed by atoms with E-state index in [9.17, 15) is 9.59 Å². The fourth-order valence-electron chi connectivity index (χ4n) is 2.17. The summed E-state index contributed by atoms with van der Waals surface area (Å²) in [6.07, 6.45) is 0.406. The van der Waals surface area contributed by atoms with Crippen LogP contribution in [-0.2, 0) is 9.53 Å². The lowest BCUT2D eigenvalue weighted by Crippen LogP contribution is -2.50. The molecular formula is C14H20N2O3S. The minimum atomic E-state index is -0.123. The monoisotopic (exact) mass is 296 g/mol. The summed E-state index contributed by atoms with van der Waals surface area (Å²) >= 11 is 1.48. The lowest BCUT2D eigenvalue weighted by Gasteiger charge is -2.36. The number of hydrogen-bond acceptors (Lipinski definition) is 4. The van der Waals surface area contributed by atoms with Crippen LogP contribution in [-0.4, -0.2) is 48.6 Å². The van der Waals surface area contributed by atoms with Gasteiger partial charge in [0.1, 0.15) is 0 Å². The fraction of sp³-hybridized carbons (Fsp3) is 0.571. The summed E-state index contributed by atoms with van der Waals surface area (Å²) in [5.41, 5.74) is 0.649. The normalized spacial score (nSPS) is 22.6. The highest BCUT2D eigenvalue weighted by molar-refractivity contribution is 7.08. The molecule has 1 aliphatic heterocycles. The first-order chi connectivity index (χ1) is 9.58. The summed E-state index contributed by atoms with van der Waals surface area (Å²) in [4.78, 5) is 25.7. The van der Waals surface area contributed by atoms with Gasteiger partial charge in [0.05, 0.1) is 18.8 Å². The Bertz CT molecular complexity index is 461. The Hall–Kier alpha value is -1.40. The molecule has 0 radical (unpaired) electrons. The SMILES string of the molecule is CC1CN(C(=O)CCNC(=O)c2ccsc2)C(C)CO1. The van der Waals surface area contributed by atoms with Crippen LogP contribution in [0.5, 0.6) is 0 Å². The Labute approximate surface area is 122 Å². The molecule has 2 atom stereocenters. The largest absolute Gasteiger partial charge is 0.375 e. The van der Waals surface area contributed by atoms with Crippen LogP contribution in [0.4, 0.5) is 0 Å². The zero-order valence-electron chi connectivity index (χ0n) is 11.8. The molecule has 1 fully saturated rings. The van der Waals surface area contributed by atoms with Gasteiger partial charge in [-0.05, 0) is 25.3 Å². The third-order valence-corrected chi connectivity index (χ3v) is 4.02. The molecule has 2 unspecified atom stereocenters. The molecular weight excluding hydrogens is 276 g/mol. The summed E-state index contributed by atoms with van der Waals surface area (Å²) < 4.78 is 5.50. The highest BCUT2D eigenvalue weighted by Gasteiger charge is 2.26. The van der Waals surface area contributed by atoms with E-state index in [-0.39, 0.29) is 24.0 Å². The summed E-state index contributed by atoms with van der Waals surface area (Å²) in [5, 5.41) is 6.42. The Kier molecular flexibility index (Phi) is 5.14. The number of amides is 2. The molecule has 5 nitrogen and oxygen atoms in total. The van der Waals surface area contributed by atoms with Crippen molar-refractivity contribution in [2.24, 2.45) is 0 Å². The number of nitrogens with one attached hydrogen (secondary N) is 1. The summed E-state index contributed by atoms with van der Waals surface area (Å²) in [7, 11) is 0. The first-order valence-corrected chi connectivity index (χ1v) is 7.73. The number of carbonyl (C=O) groups is 2. The van der Waals surface area contributed by atoms with Crippen LogP contribution in [0.15, 0.2) is 16.8 Å².